The van der Waals surface area contributed by atoms with Crippen LogP contribution in [0.2, 0.25) is 0 Å². The molecule has 2 N–H and O–H groups in total. The van der Waals surface area contributed by atoms with Crippen LogP contribution in [0.25, 0.3) is 0 Å². The Hall–Kier alpha value is -1.21. The second-order valence-electron chi connectivity index (χ2n) is 4.32. The summed E-state index contributed by atoms with van der Waals surface area (Å²) < 4.78 is 49.5. The summed E-state index contributed by atoms with van der Waals surface area (Å²) in [7, 11) is 1.54. The fourth-order valence-electron chi connectivity index (χ4n) is 1.59. The lowest BCUT2D eigenvalue weighted by molar-refractivity contribution is -0.137. The molecule has 0 atom stereocenters. The first-order chi connectivity index (χ1) is 8.67. The maximum absolute atomic E-state index is 13.3. The van der Waals surface area contributed by atoms with Crippen LogP contribution in [0.4, 0.5) is 17.6 Å². The van der Waals surface area contributed by atoms with Crippen molar-refractivity contribution in [2.75, 3.05) is 13.6 Å². The minimum Gasteiger partial charge on any atom is -0.389 e. The number of thiocarbonyl (C=S) groups is 1. The number of nitrogens with two attached hydrogens (primary N) is 1. The molecule has 0 spiro atoms. The predicted octanol–water partition coefficient (Wildman–Crippen LogP) is 2.84. The number of alkyl halides is 3. The van der Waals surface area contributed by atoms with Crippen molar-refractivity contribution in [2.24, 2.45) is 5.73 Å². The topological polar surface area (TPSA) is 29.3 Å². The highest BCUT2D eigenvalue weighted by molar-refractivity contribution is 7.80. The molecule has 19 heavy (non-hydrogen) atoms. The third-order valence-corrected chi connectivity index (χ3v) is 2.71. The molecule has 0 saturated carbocycles. The van der Waals surface area contributed by atoms with Gasteiger partial charge < -0.3 is 10.6 Å². The molecule has 0 unspecified atom stereocenters. The molecule has 106 valence electrons. The summed E-state index contributed by atoms with van der Waals surface area (Å²) in [6.45, 7) is 0.0475. The van der Waals surface area contributed by atoms with E-state index in [2.05, 4.69) is 0 Å². The van der Waals surface area contributed by atoms with Gasteiger partial charge in [-0.1, -0.05) is 12.2 Å². The van der Waals surface area contributed by atoms with Crippen LogP contribution < -0.4 is 5.73 Å². The minimum absolute atomic E-state index is 0.0543. The van der Waals surface area contributed by atoms with Gasteiger partial charge in [-0.3, -0.25) is 0 Å². The molecule has 1 aromatic carbocycles. The number of benzene rings is 1. The molecule has 0 amide bonds. The Balaban J connectivity index is 2.68. The lowest BCUT2D eigenvalue weighted by Crippen LogP contribution is -2.24. The van der Waals surface area contributed by atoms with Crippen LogP contribution in [0.15, 0.2) is 18.2 Å². The summed E-state index contributed by atoms with van der Waals surface area (Å²) in [5, 5.41) is 0. The SMILES string of the molecule is CN(CCC(F)(F)F)Cc1cc(F)cc(C(N)=S)c1. The fraction of sp³-hybridized carbons (Fsp3) is 0.417. The van der Waals surface area contributed by atoms with Gasteiger partial charge in [0, 0.05) is 18.7 Å². The number of nitrogens with zero attached hydrogens (tertiary/aromatic N) is 1. The molecular weight excluding hydrogens is 280 g/mol. The van der Waals surface area contributed by atoms with Crippen molar-refractivity contribution in [3.8, 4) is 0 Å². The average Bonchev–Trinajstić information content (AvgIpc) is 2.24. The molecule has 0 aliphatic heterocycles. The summed E-state index contributed by atoms with van der Waals surface area (Å²) in [5.74, 6) is -0.510. The van der Waals surface area contributed by atoms with E-state index in [0.717, 1.165) is 0 Å². The highest BCUT2D eigenvalue weighted by Gasteiger charge is 2.27. The van der Waals surface area contributed by atoms with Crippen LogP contribution >= 0.6 is 12.2 Å². The molecule has 1 aromatic rings. The summed E-state index contributed by atoms with van der Waals surface area (Å²) in [5.41, 5.74) is 6.30. The normalized spacial score (nSPS) is 11.9. The summed E-state index contributed by atoms with van der Waals surface area (Å²) in [6.07, 6.45) is -5.10. The maximum atomic E-state index is 13.3. The standard InChI is InChI=1S/C12H14F4N2S/c1-18(3-2-12(14,15)16)7-8-4-9(11(17)19)6-10(13)5-8/h4-6H,2-3,7H2,1H3,(H2,17,19). The molecule has 0 aromatic heterocycles. The second-order valence-corrected chi connectivity index (χ2v) is 4.76. The van der Waals surface area contributed by atoms with E-state index in [4.69, 9.17) is 18.0 Å². The monoisotopic (exact) mass is 294 g/mol. The quantitative estimate of drug-likeness (QED) is 0.669. The van der Waals surface area contributed by atoms with E-state index in [1.165, 1.54) is 24.1 Å². The first-order valence-corrected chi connectivity index (χ1v) is 5.93. The van der Waals surface area contributed by atoms with E-state index < -0.39 is 18.4 Å². The Labute approximate surface area is 114 Å². The highest BCUT2D eigenvalue weighted by atomic mass is 32.1. The fourth-order valence-corrected chi connectivity index (χ4v) is 1.71. The number of rotatable bonds is 5. The van der Waals surface area contributed by atoms with Gasteiger partial charge in [0.05, 0.1) is 6.42 Å². The van der Waals surface area contributed by atoms with E-state index in [1.54, 1.807) is 6.07 Å². The molecule has 0 saturated heterocycles. The minimum atomic E-state index is -4.19. The predicted molar refractivity (Wildman–Crippen MR) is 69.3 cm³/mol. The Bertz CT molecular complexity index is 460. The molecule has 0 aliphatic rings. The van der Waals surface area contributed by atoms with E-state index in [1.807, 2.05) is 0 Å². The first-order valence-electron chi connectivity index (χ1n) is 5.52. The van der Waals surface area contributed by atoms with Crippen molar-refractivity contribution in [3.63, 3.8) is 0 Å². The Morgan fingerprint density at radius 1 is 1.32 bits per heavy atom. The van der Waals surface area contributed by atoms with E-state index >= 15 is 0 Å². The van der Waals surface area contributed by atoms with Gasteiger partial charge in [-0.15, -0.1) is 0 Å². The molecule has 0 radical (unpaired) electrons. The third kappa shape index (κ3) is 5.98. The maximum Gasteiger partial charge on any atom is 0.390 e. The lowest BCUT2D eigenvalue weighted by Gasteiger charge is -2.18. The molecule has 1 rings (SSSR count). The molecule has 0 fully saturated rings. The van der Waals surface area contributed by atoms with Crippen molar-refractivity contribution >= 4 is 17.2 Å². The zero-order chi connectivity index (χ0) is 14.6. The zero-order valence-electron chi connectivity index (χ0n) is 10.3. The number of hydrogen-bond acceptors (Lipinski definition) is 2. The largest absolute Gasteiger partial charge is 0.390 e. The zero-order valence-corrected chi connectivity index (χ0v) is 11.1. The van der Waals surface area contributed by atoms with Crippen LogP contribution in [-0.4, -0.2) is 29.7 Å². The molecular formula is C12H14F4N2S. The van der Waals surface area contributed by atoms with Gasteiger partial charge >= 0.3 is 6.18 Å². The average molecular weight is 294 g/mol. The van der Waals surface area contributed by atoms with Crippen molar-refractivity contribution in [3.05, 3.63) is 35.1 Å². The number of halogens is 4. The Morgan fingerprint density at radius 2 is 1.95 bits per heavy atom. The van der Waals surface area contributed by atoms with Gasteiger partial charge in [-0.2, -0.15) is 13.2 Å². The Morgan fingerprint density at radius 3 is 2.47 bits per heavy atom. The summed E-state index contributed by atoms with van der Waals surface area (Å²) in [6, 6.07) is 4.03. The lowest BCUT2D eigenvalue weighted by atomic mass is 10.1. The molecule has 7 heteroatoms. The summed E-state index contributed by atoms with van der Waals surface area (Å²) in [4.78, 5) is 1.52. The van der Waals surface area contributed by atoms with Crippen molar-refractivity contribution in [2.45, 2.75) is 19.1 Å². The van der Waals surface area contributed by atoms with Crippen LogP contribution in [0.3, 0.4) is 0 Å². The van der Waals surface area contributed by atoms with Crippen molar-refractivity contribution in [1.82, 2.24) is 4.90 Å². The van der Waals surface area contributed by atoms with Gasteiger partial charge in [-0.25, -0.2) is 4.39 Å². The van der Waals surface area contributed by atoms with Gasteiger partial charge in [0.1, 0.15) is 10.8 Å². The van der Waals surface area contributed by atoms with E-state index in [0.29, 0.717) is 11.1 Å². The van der Waals surface area contributed by atoms with Crippen molar-refractivity contribution in [1.29, 1.82) is 0 Å². The van der Waals surface area contributed by atoms with Crippen LogP contribution in [-0.2, 0) is 6.54 Å². The van der Waals surface area contributed by atoms with Gasteiger partial charge in [0.15, 0.2) is 0 Å². The second kappa shape index (κ2) is 6.29. The highest BCUT2D eigenvalue weighted by Crippen LogP contribution is 2.20. The third-order valence-electron chi connectivity index (χ3n) is 2.47. The summed E-state index contributed by atoms with van der Waals surface area (Å²) >= 11 is 4.74. The molecule has 2 nitrogen and oxygen atoms in total. The molecule has 0 heterocycles. The number of hydrogen-bond donors (Lipinski definition) is 1. The van der Waals surface area contributed by atoms with Crippen LogP contribution in [0.1, 0.15) is 17.5 Å². The smallest absolute Gasteiger partial charge is 0.389 e. The first kappa shape index (κ1) is 15.8. The van der Waals surface area contributed by atoms with Crippen LogP contribution in [0, 0.1) is 5.82 Å². The molecule has 0 bridgehead atoms. The van der Waals surface area contributed by atoms with Gasteiger partial charge in [0.2, 0.25) is 0 Å². The van der Waals surface area contributed by atoms with Gasteiger partial charge in [-0.05, 0) is 30.8 Å². The van der Waals surface area contributed by atoms with E-state index in [9.17, 15) is 17.6 Å². The van der Waals surface area contributed by atoms with Gasteiger partial charge in [0.25, 0.3) is 0 Å². The molecule has 0 aliphatic carbocycles. The van der Waals surface area contributed by atoms with E-state index in [-0.39, 0.29) is 18.1 Å². The van der Waals surface area contributed by atoms with Crippen LogP contribution in [0.5, 0.6) is 0 Å². The van der Waals surface area contributed by atoms with Crippen molar-refractivity contribution < 1.29 is 17.6 Å². The Kier molecular flexibility index (Phi) is 5.25.